The van der Waals surface area contributed by atoms with Crippen molar-refractivity contribution in [2.24, 2.45) is 0 Å². The fraction of sp³-hybridized carbons (Fsp3) is 0.357. The first-order valence-corrected chi connectivity index (χ1v) is 7.02. The lowest BCUT2D eigenvalue weighted by Gasteiger charge is -2.17. The molecule has 0 N–H and O–H groups in total. The van der Waals surface area contributed by atoms with E-state index in [9.17, 15) is 27.2 Å². The molecule has 0 spiro atoms. The number of carbonyl (C=O) groups is 1. The van der Waals surface area contributed by atoms with Crippen molar-refractivity contribution in [3.05, 3.63) is 41.1 Å². The zero-order valence-corrected chi connectivity index (χ0v) is 12.9. The maximum Gasteiger partial charge on any atom is 0.385 e. The van der Waals surface area contributed by atoms with Crippen molar-refractivity contribution in [2.45, 2.75) is 25.7 Å². The molecule has 1 aromatic heterocycles. The van der Waals surface area contributed by atoms with E-state index in [0.29, 0.717) is 4.85 Å². The molecular weight excluding hydrogens is 350 g/mol. The van der Waals surface area contributed by atoms with Gasteiger partial charge in [0.15, 0.2) is 6.61 Å². The third-order valence-electron chi connectivity index (χ3n) is 2.98. The summed E-state index contributed by atoms with van der Waals surface area (Å²) in [6.07, 6.45) is -2.92. The molecule has 0 fully saturated rings. The summed E-state index contributed by atoms with van der Waals surface area (Å²) >= 11 is 0. The van der Waals surface area contributed by atoms with E-state index in [2.05, 4.69) is 9.94 Å². The van der Waals surface area contributed by atoms with Crippen molar-refractivity contribution in [3.8, 4) is 11.4 Å². The number of ether oxygens (including phenoxy) is 1. The van der Waals surface area contributed by atoms with Gasteiger partial charge in [0.1, 0.15) is 12.1 Å². The van der Waals surface area contributed by atoms with Crippen molar-refractivity contribution in [3.63, 3.8) is 0 Å². The van der Waals surface area contributed by atoms with Crippen LogP contribution in [0.4, 0.5) is 17.6 Å². The number of hydrogen-bond acceptors (Lipinski definition) is 5. The minimum atomic E-state index is -4.35. The van der Waals surface area contributed by atoms with Crippen molar-refractivity contribution in [1.29, 1.82) is 0 Å². The Kier molecular flexibility index (Phi) is 5.45. The van der Waals surface area contributed by atoms with Gasteiger partial charge in [-0.1, -0.05) is 19.1 Å². The molecule has 11 heteroatoms. The molecular formula is C14H13F4N3O4. The molecule has 0 radical (unpaired) electrons. The Hall–Kier alpha value is -2.85. The van der Waals surface area contributed by atoms with E-state index < -0.39 is 30.6 Å². The van der Waals surface area contributed by atoms with Gasteiger partial charge in [-0.25, -0.2) is 22.9 Å². The largest absolute Gasteiger partial charge is 0.485 e. The van der Waals surface area contributed by atoms with Crippen LogP contribution in [-0.2, 0) is 4.79 Å². The number of rotatable bonds is 7. The van der Waals surface area contributed by atoms with Crippen LogP contribution in [0.5, 0.6) is 5.75 Å². The molecule has 7 nitrogen and oxygen atoms in total. The molecule has 136 valence electrons. The van der Waals surface area contributed by atoms with Gasteiger partial charge in [0, 0.05) is 6.42 Å². The van der Waals surface area contributed by atoms with Gasteiger partial charge in [-0.2, -0.15) is 8.78 Å². The SMILES string of the molecule is CCC(=O)On1ncn(-c2ccccc2OCC(F)(F)C(F)F)c1=O. The third-order valence-corrected chi connectivity index (χ3v) is 2.98. The topological polar surface area (TPSA) is 75.3 Å². The van der Waals surface area contributed by atoms with Gasteiger partial charge in [0.05, 0.1) is 5.69 Å². The maximum atomic E-state index is 13.0. The molecule has 0 atom stereocenters. The lowest BCUT2D eigenvalue weighted by Crippen LogP contribution is -2.34. The first kappa shape index (κ1) is 18.5. The molecule has 0 saturated carbocycles. The first-order valence-electron chi connectivity index (χ1n) is 7.02. The molecule has 1 aromatic carbocycles. The normalized spacial score (nSPS) is 11.6. The summed E-state index contributed by atoms with van der Waals surface area (Å²) < 4.78 is 56.1. The van der Waals surface area contributed by atoms with Crippen molar-refractivity contribution >= 4 is 5.97 Å². The Morgan fingerprint density at radius 1 is 1.32 bits per heavy atom. The average molecular weight is 363 g/mol. The van der Waals surface area contributed by atoms with Crippen LogP contribution in [0.3, 0.4) is 0 Å². The number of halogens is 4. The average Bonchev–Trinajstić information content (AvgIpc) is 2.93. The fourth-order valence-electron chi connectivity index (χ4n) is 1.69. The second-order valence-corrected chi connectivity index (χ2v) is 4.79. The van der Waals surface area contributed by atoms with Crippen LogP contribution in [0.25, 0.3) is 5.69 Å². The van der Waals surface area contributed by atoms with E-state index in [1.165, 1.54) is 31.2 Å². The van der Waals surface area contributed by atoms with Crippen LogP contribution in [0.15, 0.2) is 35.4 Å². The Morgan fingerprint density at radius 3 is 2.64 bits per heavy atom. The number of benzene rings is 1. The van der Waals surface area contributed by atoms with Crippen molar-refractivity contribution in [2.75, 3.05) is 6.61 Å². The van der Waals surface area contributed by atoms with Gasteiger partial charge in [0.25, 0.3) is 0 Å². The van der Waals surface area contributed by atoms with E-state index in [1.54, 1.807) is 0 Å². The predicted octanol–water partition coefficient (Wildman–Crippen LogP) is 1.68. The van der Waals surface area contributed by atoms with Crippen molar-refractivity contribution in [1.82, 2.24) is 14.5 Å². The first-order chi connectivity index (χ1) is 11.8. The fourth-order valence-corrected chi connectivity index (χ4v) is 1.69. The highest BCUT2D eigenvalue weighted by molar-refractivity contribution is 5.69. The summed E-state index contributed by atoms with van der Waals surface area (Å²) in [7, 11) is 0. The van der Waals surface area contributed by atoms with E-state index in [0.717, 1.165) is 10.9 Å². The Bertz CT molecular complexity index is 803. The molecule has 0 aliphatic carbocycles. The van der Waals surface area contributed by atoms with Gasteiger partial charge >= 0.3 is 24.0 Å². The summed E-state index contributed by atoms with van der Waals surface area (Å²) in [4.78, 5) is 28.4. The summed E-state index contributed by atoms with van der Waals surface area (Å²) in [6.45, 7) is -0.0634. The van der Waals surface area contributed by atoms with Crippen LogP contribution in [0, 0.1) is 0 Å². The highest BCUT2D eigenvalue weighted by atomic mass is 19.3. The Balaban J connectivity index is 2.29. The molecule has 0 saturated heterocycles. The molecule has 0 aliphatic rings. The number of aromatic nitrogens is 3. The quantitative estimate of drug-likeness (QED) is 0.700. The standard InChI is InChI=1S/C14H13F4N3O4/c1-2-11(22)25-21-13(23)20(8-19-21)9-5-3-4-6-10(9)24-7-14(17,18)12(15)16/h3-6,8,12H,2,7H2,1H3. The van der Waals surface area contributed by atoms with Crippen LogP contribution in [0.1, 0.15) is 13.3 Å². The van der Waals surface area contributed by atoms with Crippen LogP contribution in [0.2, 0.25) is 0 Å². The molecule has 0 bridgehead atoms. The van der Waals surface area contributed by atoms with Gasteiger partial charge < -0.3 is 9.57 Å². The zero-order chi connectivity index (χ0) is 18.6. The molecule has 1 heterocycles. The van der Waals surface area contributed by atoms with Crippen LogP contribution >= 0.6 is 0 Å². The van der Waals surface area contributed by atoms with Gasteiger partial charge in [-0.3, -0.25) is 0 Å². The lowest BCUT2D eigenvalue weighted by atomic mass is 10.3. The number of carbonyl (C=O) groups excluding carboxylic acids is 1. The Labute approximate surface area is 138 Å². The van der Waals surface area contributed by atoms with Crippen LogP contribution < -0.4 is 15.3 Å². The summed E-state index contributed by atoms with van der Waals surface area (Å²) in [6, 6.07) is 5.42. The molecule has 25 heavy (non-hydrogen) atoms. The minimum absolute atomic E-state index is 0.00170. The summed E-state index contributed by atoms with van der Waals surface area (Å²) in [5.74, 6) is -5.31. The van der Waals surface area contributed by atoms with Gasteiger partial charge in [0.2, 0.25) is 0 Å². The molecule has 2 aromatic rings. The Morgan fingerprint density at radius 2 is 2.00 bits per heavy atom. The molecule has 2 rings (SSSR count). The smallest absolute Gasteiger partial charge is 0.385 e. The summed E-state index contributed by atoms with van der Waals surface area (Å²) in [5.41, 5.74) is -0.935. The minimum Gasteiger partial charge on any atom is -0.485 e. The number of hydrogen-bond donors (Lipinski definition) is 0. The van der Waals surface area contributed by atoms with E-state index in [1.807, 2.05) is 0 Å². The maximum absolute atomic E-state index is 13.0. The van der Waals surface area contributed by atoms with E-state index >= 15 is 0 Å². The zero-order valence-electron chi connectivity index (χ0n) is 12.9. The lowest BCUT2D eigenvalue weighted by molar-refractivity contribution is -0.148. The molecule has 0 aliphatic heterocycles. The van der Waals surface area contributed by atoms with Gasteiger partial charge in [-0.05, 0) is 17.0 Å². The second-order valence-electron chi connectivity index (χ2n) is 4.79. The highest BCUT2D eigenvalue weighted by Gasteiger charge is 2.41. The van der Waals surface area contributed by atoms with Gasteiger partial charge in [-0.15, -0.1) is 5.10 Å². The van der Waals surface area contributed by atoms with Crippen LogP contribution in [-0.4, -0.2) is 39.4 Å². The number of alkyl halides is 4. The van der Waals surface area contributed by atoms with E-state index in [4.69, 9.17) is 4.74 Å². The molecule has 0 unspecified atom stereocenters. The molecule has 0 amide bonds. The monoisotopic (exact) mass is 363 g/mol. The third kappa shape index (κ3) is 4.17. The van der Waals surface area contributed by atoms with E-state index in [-0.39, 0.29) is 17.9 Å². The summed E-state index contributed by atoms with van der Waals surface area (Å²) in [5, 5.41) is 3.56. The number of nitrogens with zero attached hydrogens (tertiary/aromatic N) is 3. The second kappa shape index (κ2) is 7.36. The highest BCUT2D eigenvalue weighted by Crippen LogP contribution is 2.27. The van der Waals surface area contributed by atoms with Crippen molar-refractivity contribution < 1.29 is 31.9 Å². The number of para-hydroxylation sites is 2. The predicted molar refractivity (Wildman–Crippen MR) is 76.1 cm³/mol.